The van der Waals surface area contributed by atoms with E-state index in [2.05, 4.69) is 15.5 Å². The van der Waals surface area contributed by atoms with E-state index in [0.29, 0.717) is 30.2 Å². The van der Waals surface area contributed by atoms with Crippen molar-refractivity contribution in [3.63, 3.8) is 0 Å². The number of H-pyrrole nitrogens is 1. The summed E-state index contributed by atoms with van der Waals surface area (Å²) in [6.45, 7) is 7.86. The minimum Gasteiger partial charge on any atom is -0.478 e. The molecule has 0 spiro atoms. The van der Waals surface area contributed by atoms with Crippen LogP contribution in [0.4, 0.5) is 14.5 Å². The van der Waals surface area contributed by atoms with Crippen molar-refractivity contribution in [2.24, 2.45) is 0 Å². The van der Waals surface area contributed by atoms with E-state index in [-0.39, 0.29) is 29.6 Å². The molecule has 1 aromatic carbocycles. The fraction of sp³-hybridized carbons (Fsp3) is 0.360. The zero-order chi connectivity index (χ0) is 26.9. The maximum Gasteiger partial charge on any atom is 0.280 e. The second-order valence-corrected chi connectivity index (χ2v) is 14.8. The molecule has 1 aliphatic rings. The largest absolute Gasteiger partial charge is 0.478 e. The number of ether oxygens (including phenoxy) is 1. The Balaban J connectivity index is 1.68. The van der Waals surface area contributed by atoms with Gasteiger partial charge >= 0.3 is 0 Å². The van der Waals surface area contributed by atoms with Crippen LogP contribution in [-0.2, 0) is 22.4 Å². The number of rotatable bonds is 7. The Morgan fingerprint density at radius 1 is 1.22 bits per heavy atom. The molecule has 0 unspecified atom stereocenters. The number of carbonyl (C=O) groups excluding carboxylic acids is 2. The molecule has 2 aromatic heterocycles. The molecule has 2 N–H and O–H groups in total. The third-order valence-electron chi connectivity index (χ3n) is 6.00. The van der Waals surface area contributed by atoms with Gasteiger partial charge in [0, 0.05) is 41.5 Å². The van der Waals surface area contributed by atoms with E-state index in [9.17, 15) is 23.2 Å². The van der Waals surface area contributed by atoms with Crippen molar-refractivity contribution in [2.45, 2.75) is 45.4 Å². The van der Waals surface area contributed by atoms with Crippen molar-refractivity contribution in [3.05, 3.63) is 69.3 Å². The van der Waals surface area contributed by atoms with Crippen LogP contribution >= 0.6 is 0 Å². The Hall–Kier alpha value is -3.80. The fourth-order valence-electron chi connectivity index (χ4n) is 4.48. The first-order valence-corrected chi connectivity index (χ1v) is 15.4. The molecule has 37 heavy (non-hydrogen) atoms. The molecule has 3 aromatic rings. The predicted octanol–water partition coefficient (Wildman–Crippen LogP) is 2.89. The van der Waals surface area contributed by atoms with Crippen LogP contribution in [-0.4, -0.2) is 48.1 Å². The second-order valence-electron chi connectivity index (χ2n) is 9.77. The first-order valence-electron chi connectivity index (χ1n) is 11.9. The number of aromatic nitrogens is 2. The average molecular weight is 531 g/mol. The minimum absolute atomic E-state index is 0.0472. The van der Waals surface area contributed by atoms with Crippen LogP contribution in [0.25, 0.3) is 0 Å². The van der Waals surface area contributed by atoms with Gasteiger partial charge in [-0.15, -0.1) is 0 Å². The Morgan fingerprint density at radius 2 is 1.92 bits per heavy atom. The molecule has 0 saturated heterocycles. The summed E-state index contributed by atoms with van der Waals surface area (Å²) in [5.41, 5.74) is 0.502. The van der Waals surface area contributed by atoms with Gasteiger partial charge in [0.15, 0.2) is 0 Å². The summed E-state index contributed by atoms with van der Waals surface area (Å²) in [6, 6.07) is 5.47. The van der Waals surface area contributed by atoms with E-state index in [1.807, 2.05) is 26.6 Å². The van der Waals surface area contributed by atoms with E-state index < -0.39 is 43.1 Å². The highest BCUT2D eigenvalue weighted by Crippen LogP contribution is 2.32. The van der Waals surface area contributed by atoms with Gasteiger partial charge in [0.1, 0.15) is 23.4 Å². The minimum atomic E-state index is -2.31. The van der Waals surface area contributed by atoms with E-state index in [0.717, 1.165) is 18.2 Å². The Bertz CT molecular complexity index is 1380. The molecule has 0 bridgehead atoms. The number of benzene rings is 1. The Kier molecular flexibility index (Phi) is 7.30. The smallest absolute Gasteiger partial charge is 0.280 e. The summed E-state index contributed by atoms with van der Waals surface area (Å²) in [5, 5.41) is 4.75. The molecule has 0 radical (unpaired) electrons. The Morgan fingerprint density at radius 3 is 2.51 bits per heavy atom. The third kappa shape index (κ3) is 5.63. The lowest BCUT2D eigenvalue weighted by Gasteiger charge is -2.36. The number of fused-ring (bicyclic) bond motifs is 1. The third-order valence-corrected chi connectivity index (χ3v) is 7.98. The monoisotopic (exact) mass is 530 g/mol. The number of carbonyl (C=O) groups is 2. The maximum absolute atomic E-state index is 14.8. The lowest BCUT2D eigenvalue weighted by atomic mass is 9.95. The zero-order valence-corrected chi connectivity index (χ0v) is 22.0. The highest BCUT2D eigenvalue weighted by atomic mass is 28.3. The topological polar surface area (TPSA) is 118 Å². The number of nitrogens with one attached hydrogen (secondary N) is 2. The highest BCUT2D eigenvalue weighted by molar-refractivity contribution is 6.88. The number of hydrogen-bond donors (Lipinski definition) is 2. The van der Waals surface area contributed by atoms with Crippen molar-refractivity contribution in [1.82, 2.24) is 15.0 Å². The average Bonchev–Trinajstić information content (AvgIpc) is 3.21. The van der Waals surface area contributed by atoms with Crippen LogP contribution in [0.1, 0.15) is 30.0 Å². The molecule has 12 heteroatoms. The predicted molar refractivity (Wildman–Crippen MR) is 135 cm³/mol. The first kappa shape index (κ1) is 26.3. The van der Waals surface area contributed by atoms with Crippen LogP contribution in [0.15, 0.2) is 39.6 Å². The van der Waals surface area contributed by atoms with Crippen LogP contribution in [0.5, 0.6) is 5.88 Å². The molecule has 0 saturated carbocycles. The van der Waals surface area contributed by atoms with E-state index >= 15 is 0 Å². The number of nitrogens with zero attached hydrogens (tertiary/aromatic N) is 2. The van der Waals surface area contributed by atoms with Gasteiger partial charge in [0.25, 0.3) is 11.5 Å². The number of hydrogen-bond acceptors (Lipinski definition) is 6. The summed E-state index contributed by atoms with van der Waals surface area (Å²) in [5.74, 6) is -2.06. The van der Waals surface area contributed by atoms with E-state index in [4.69, 9.17) is 9.26 Å². The van der Waals surface area contributed by atoms with Crippen molar-refractivity contribution in [2.75, 3.05) is 18.5 Å². The van der Waals surface area contributed by atoms with Gasteiger partial charge < -0.3 is 19.5 Å². The normalized spacial score (nSPS) is 15.3. The molecule has 2 amide bonds. The van der Waals surface area contributed by atoms with E-state index in [1.54, 1.807) is 12.1 Å². The second kappa shape index (κ2) is 10.3. The molecule has 1 atom stereocenters. The summed E-state index contributed by atoms with van der Waals surface area (Å²) in [4.78, 5) is 43.9. The van der Waals surface area contributed by atoms with Crippen molar-refractivity contribution < 1.29 is 27.6 Å². The van der Waals surface area contributed by atoms with Crippen molar-refractivity contribution in [3.8, 4) is 5.88 Å². The summed E-state index contributed by atoms with van der Waals surface area (Å²) < 4.78 is 40.1. The lowest BCUT2D eigenvalue weighted by Crippen LogP contribution is -2.46. The molecular weight excluding hydrogens is 502 g/mol. The number of aromatic amines is 1. The summed E-state index contributed by atoms with van der Waals surface area (Å²) >= 11 is 0. The molecule has 0 fully saturated rings. The highest BCUT2D eigenvalue weighted by Gasteiger charge is 2.37. The van der Waals surface area contributed by atoms with Crippen molar-refractivity contribution in [1.29, 1.82) is 0 Å². The number of halogens is 2. The first-order chi connectivity index (χ1) is 17.5. The molecule has 4 rings (SSSR count). The molecule has 196 valence electrons. The van der Waals surface area contributed by atoms with Crippen LogP contribution in [0.3, 0.4) is 0 Å². The quantitative estimate of drug-likeness (QED) is 0.454. The van der Waals surface area contributed by atoms with Gasteiger partial charge in [-0.3, -0.25) is 14.4 Å². The lowest BCUT2D eigenvalue weighted by molar-refractivity contribution is -0.139. The SMILES string of the molecule is CCOc1ccc2c(n1)CCN(C(=O)Cc1cc(=O)[nH]o1)[C@H]2C(=O)Nc1cc(F)c([Si](C)(C)C)c(F)c1. The van der Waals surface area contributed by atoms with E-state index in [1.165, 1.54) is 4.90 Å². The van der Waals surface area contributed by atoms with Gasteiger partial charge in [0.2, 0.25) is 11.8 Å². The van der Waals surface area contributed by atoms with Gasteiger partial charge in [-0.1, -0.05) is 19.6 Å². The van der Waals surface area contributed by atoms with Gasteiger partial charge in [-0.25, -0.2) is 13.8 Å². The standard InChI is InChI=1S/C25H28F2N4O5Si/c1-5-35-21-7-6-16-19(29-21)8-9-31(22(33)13-15-12-20(32)30-36-15)23(16)25(34)28-14-10-17(26)24(18(27)11-14)37(2,3)4/h6-7,10-12,23H,5,8-9,13H2,1-4H3,(H,28,34)(H,30,32)/t23-/m1/s1. The number of amides is 2. The fourth-order valence-corrected chi connectivity index (χ4v) is 6.05. The van der Waals surface area contributed by atoms with Gasteiger partial charge in [0.05, 0.1) is 26.8 Å². The molecular formula is C25H28F2N4O5Si. The van der Waals surface area contributed by atoms with Crippen LogP contribution in [0, 0.1) is 11.6 Å². The van der Waals surface area contributed by atoms with Gasteiger partial charge in [-0.05, 0) is 25.1 Å². The number of pyridine rings is 1. The van der Waals surface area contributed by atoms with Gasteiger partial charge in [-0.2, -0.15) is 5.16 Å². The number of anilines is 1. The molecule has 9 nitrogen and oxygen atoms in total. The summed E-state index contributed by atoms with van der Waals surface area (Å²) in [7, 11) is -2.31. The summed E-state index contributed by atoms with van der Waals surface area (Å²) in [6.07, 6.45) is 0.105. The maximum atomic E-state index is 14.8. The molecule has 1 aliphatic heterocycles. The Labute approximate surface area is 212 Å². The van der Waals surface area contributed by atoms with Crippen LogP contribution < -0.4 is 20.8 Å². The zero-order valence-electron chi connectivity index (χ0n) is 21.0. The molecule has 3 heterocycles. The van der Waals surface area contributed by atoms with Crippen LogP contribution in [0.2, 0.25) is 19.6 Å². The van der Waals surface area contributed by atoms with Crippen molar-refractivity contribution >= 4 is 30.8 Å². The molecule has 0 aliphatic carbocycles.